The third-order valence-electron chi connectivity index (χ3n) is 6.18. The van der Waals surface area contributed by atoms with E-state index in [0.29, 0.717) is 56.0 Å². The zero-order chi connectivity index (χ0) is 26.3. The van der Waals surface area contributed by atoms with Crippen LogP contribution in [0.25, 0.3) is 34.5 Å². The van der Waals surface area contributed by atoms with Crippen molar-refractivity contribution in [3.05, 3.63) is 74.2 Å². The first kappa shape index (κ1) is 25.2. The van der Waals surface area contributed by atoms with Gasteiger partial charge in [-0.2, -0.15) is 5.10 Å². The van der Waals surface area contributed by atoms with Crippen LogP contribution in [0.2, 0.25) is 5.02 Å². The summed E-state index contributed by atoms with van der Waals surface area (Å²) in [4.78, 5) is 32.6. The van der Waals surface area contributed by atoms with Crippen LogP contribution in [0.4, 0.5) is 5.69 Å². The lowest BCUT2D eigenvalue weighted by atomic mass is 10.0. The number of likely N-dealkylation sites (N-methyl/N-ethyl adjacent to an activating group) is 1. The van der Waals surface area contributed by atoms with Gasteiger partial charge in [0.25, 0.3) is 5.56 Å². The summed E-state index contributed by atoms with van der Waals surface area (Å²) in [6, 6.07) is 12.5. The zero-order valence-electron chi connectivity index (χ0n) is 20.4. The Morgan fingerprint density at radius 2 is 2.00 bits per heavy atom. The fraction of sp³-hybridized carbons (Fsp3) is 0.259. The molecule has 0 bridgehead atoms. The van der Waals surface area contributed by atoms with Crippen molar-refractivity contribution >= 4 is 58.0 Å². The van der Waals surface area contributed by atoms with E-state index in [4.69, 9.17) is 32.4 Å². The Balaban J connectivity index is 1.58. The van der Waals surface area contributed by atoms with Gasteiger partial charge in [-0.3, -0.25) is 9.59 Å². The molecular weight excluding hydrogens is 515 g/mol. The molecular formula is C27H24Cl2N4O4. The topological polar surface area (TPSA) is 90.5 Å². The summed E-state index contributed by atoms with van der Waals surface area (Å²) in [7, 11) is 1.64. The van der Waals surface area contributed by atoms with E-state index in [1.807, 2.05) is 13.0 Å². The first-order valence-corrected chi connectivity index (χ1v) is 12.6. The maximum atomic E-state index is 13.5. The number of halogens is 2. The summed E-state index contributed by atoms with van der Waals surface area (Å²) in [5.41, 5.74) is 2.68. The summed E-state index contributed by atoms with van der Waals surface area (Å²) >= 11 is 12.8. The molecule has 0 fully saturated rings. The first-order chi connectivity index (χ1) is 17.7. The molecule has 0 aliphatic heterocycles. The number of oxazole rings is 1. The lowest BCUT2D eigenvalue weighted by molar-refractivity contribution is -0.119. The Hall–Kier alpha value is -3.46. The fourth-order valence-electron chi connectivity index (χ4n) is 4.35. The van der Waals surface area contributed by atoms with Crippen LogP contribution in [0.3, 0.4) is 0 Å². The van der Waals surface area contributed by atoms with Crippen molar-refractivity contribution in [2.24, 2.45) is 0 Å². The summed E-state index contributed by atoms with van der Waals surface area (Å²) in [5.74, 6) is 0.204. The number of aryl methyl sites for hydroxylation is 1. The number of ether oxygens (including phenoxy) is 1. The van der Waals surface area contributed by atoms with Crippen LogP contribution < -0.4 is 20.9 Å². The fourth-order valence-corrected chi connectivity index (χ4v) is 4.81. The number of fused-ring (bicyclic) bond motifs is 2. The molecule has 2 heterocycles. The molecule has 0 radical (unpaired) electrons. The van der Waals surface area contributed by atoms with Crippen molar-refractivity contribution in [3.63, 3.8) is 0 Å². The SMILES string of the molecule is CCOC1C=c2c(c(-c3cccc(Cl)c3)nn(CC(=O)N(C)c3ccc4nc(C)oc4c3)c2=O)=CC1Cl. The Morgan fingerprint density at radius 3 is 2.76 bits per heavy atom. The summed E-state index contributed by atoms with van der Waals surface area (Å²) in [5, 5.41) is 5.60. The van der Waals surface area contributed by atoms with Crippen LogP contribution in [-0.4, -0.2) is 45.8 Å². The van der Waals surface area contributed by atoms with Gasteiger partial charge in [-0.25, -0.2) is 9.67 Å². The summed E-state index contributed by atoms with van der Waals surface area (Å²) in [6.07, 6.45) is 3.00. The number of anilines is 1. The predicted octanol–water partition coefficient (Wildman–Crippen LogP) is 3.26. The molecule has 2 unspecified atom stereocenters. The lowest BCUT2D eigenvalue weighted by Crippen LogP contribution is -2.52. The standard InChI is InChI=1S/C27H24Cl2N4O4/c1-4-36-23-13-20-19(12-21(23)29)26(16-6-5-7-17(28)10-16)31-33(27(20)35)14-25(34)32(3)18-8-9-22-24(11-18)37-15(2)30-22/h5-13,21,23H,4,14H2,1-3H3. The van der Waals surface area contributed by atoms with Gasteiger partial charge in [-0.1, -0.05) is 29.8 Å². The van der Waals surface area contributed by atoms with Crippen molar-refractivity contribution in [2.45, 2.75) is 31.9 Å². The van der Waals surface area contributed by atoms with Crippen molar-refractivity contribution in [3.8, 4) is 11.3 Å². The number of hydrogen-bond acceptors (Lipinski definition) is 6. The Bertz CT molecular complexity index is 1700. The molecule has 1 aliphatic carbocycles. The molecule has 0 N–H and O–H groups in total. The molecule has 0 saturated carbocycles. The molecule has 10 heteroatoms. The molecule has 0 spiro atoms. The van der Waals surface area contributed by atoms with E-state index in [9.17, 15) is 9.59 Å². The number of amides is 1. The van der Waals surface area contributed by atoms with E-state index in [1.165, 1.54) is 9.58 Å². The number of benzene rings is 2. The van der Waals surface area contributed by atoms with Gasteiger partial charge in [-0.15, -0.1) is 11.6 Å². The van der Waals surface area contributed by atoms with Gasteiger partial charge in [0.2, 0.25) is 5.91 Å². The maximum absolute atomic E-state index is 13.5. The highest BCUT2D eigenvalue weighted by molar-refractivity contribution is 6.30. The second-order valence-electron chi connectivity index (χ2n) is 8.68. The van der Waals surface area contributed by atoms with Crippen LogP contribution >= 0.6 is 23.2 Å². The number of aromatic nitrogens is 3. The van der Waals surface area contributed by atoms with E-state index < -0.39 is 17.0 Å². The average Bonchev–Trinajstić information content (AvgIpc) is 3.25. The van der Waals surface area contributed by atoms with Gasteiger partial charge in [0.15, 0.2) is 11.5 Å². The third kappa shape index (κ3) is 4.92. The summed E-state index contributed by atoms with van der Waals surface area (Å²) in [6.45, 7) is 3.78. The number of carbonyl (C=O) groups excluding carboxylic acids is 1. The van der Waals surface area contributed by atoms with Crippen molar-refractivity contribution < 1.29 is 13.9 Å². The second kappa shape index (κ2) is 10.1. The Kier molecular flexibility index (Phi) is 6.90. The molecule has 2 aromatic heterocycles. The number of hydrogen-bond donors (Lipinski definition) is 0. The molecule has 5 rings (SSSR count). The highest BCUT2D eigenvalue weighted by Crippen LogP contribution is 2.23. The highest BCUT2D eigenvalue weighted by Gasteiger charge is 2.23. The number of nitrogens with zero attached hydrogens (tertiary/aromatic N) is 4. The van der Waals surface area contributed by atoms with Gasteiger partial charge in [-0.05, 0) is 37.3 Å². The van der Waals surface area contributed by atoms with Crippen LogP contribution in [0.15, 0.2) is 51.7 Å². The number of rotatable bonds is 6. The first-order valence-electron chi connectivity index (χ1n) is 11.8. The molecule has 2 aromatic carbocycles. The predicted molar refractivity (Wildman–Crippen MR) is 144 cm³/mol. The minimum atomic E-state index is -0.482. The van der Waals surface area contributed by atoms with Crippen LogP contribution in [0.1, 0.15) is 12.8 Å². The van der Waals surface area contributed by atoms with Gasteiger partial charge < -0.3 is 14.1 Å². The molecule has 1 amide bonds. The van der Waals surface area contributed by atoms with Crippen LogP contribution in [0.5, 0.6) is 0 Å². The van der Waals surface area contributed by atoms with E-state index in [1.54, 1.807) is 62.5 Å². The van der Waals surface area contributed by atoms with Crippen LogP contribution in [-0.2, 0) is 16.1 Å². The molecule has 8 nitrogen and oxygen atoms in total. The molecule has 190 valence electrons. The molecule has 0 saturated heterocycles. The average molecular weight is 539 g/mol. The zero-order valence-corrected chi connectivity index (χ0v) is 22.0. The van der Waals surface area contributed by atoms with E-state index >= 15 is 0 Å². The quantitative estimate of drug-likeness (QED) is 0.350. The minimum Gasteiger partial charge on any atom is -0.441 e. The summed E-state index contributed by atoms with van der Waals surface area (Å²) < 4.78 is 12.5. The number of carbonyl (C=O) groups is 1. The van der Waals surface area contributed by atoms with Gasteiger partial charge in [0, 0.05) is 53.4 Å². The molecule has 2 atom stereocenters. The third-order valence-corrected chi connectivity index (χ3v) is 6.79. The minimum absolute atomic E-state index is 0.277. The second-order valence-corrected chi connectivity index (χ2v) is 9.62. The van der Waals surface area contributed by atoms with Gasteiger partial charge in [0.05, 0.1) is 17.2 Å². The highest BCUT2D eigenvalue weighted by atomic mass is 35.5. The van der Waals surface area contributed by atoms with Crippen molar-refractivity contribution in [1.82, 2.24) is 14.8 Å². The Labute approximate surface area is 222 Å². The van der Waals surface area contributed by atoms with Crippen molar-refractivity contribution in [2.75, 3.05) is 18.6 Å². The smallest absolute Gasteiger partial charge is 0.274 e. The van der Waals surface area contributed by atoms with Crippen molar-refractivity contribution in [1.29, 1.82) is 0 Å². The van der Waals surface area contributed by atoms with E-state index in [2.05, 4.69) is 10.1 Å². The monoisotopic (exact) mass is 538 g/mol. The number of alkyl halides is 1. The molecule has 4 aromatic rings. The van der Waals surface area contributed by atoms with Gasteiger partial charge in [0.1, 0.15) is 12.1 Å². The molecule has 37 heavy (non-hydrogen) atoms. The normalized spacial score (nSPS) is 16.7. The van der Waals surface area contributed by atoms with E-state index in [-0.39, 0.29) is 12.5 Å². The van der Waals surface area contributed by atoms with E-state index in [0.717, 1.165) is 0 Å². The Morgan fingerprint density at radius 1 is 1.19 bits per heavy atom. The van der Waals surface area contributed by atoms with Gasteiger partial charge >= 0.3 is 0 Å². The maximum Gasteiger partial charge on any atom is 0.274 e. The molecule has 1 aliphatic rings. The lowest BCUT2D eigenvalue weighted by Gasteiger charge is -2.21. The largest absolute Gasteiger partial charge is 0.441 e. The van der Waals surface area contributed by atoms with Crippen LogP contribution in [0, 0.1) is 6.92 Å².